The molecule has 1 heterocycles. The van der Waals surface area contributed by atoms with E-state index in [0.717, 1.165) is 17.0 Å². The lowest BCUT2D eigenvalue weighted by atomic mass is 9.73. The SMILES string of the molecule is CC1(C)Cc2nc(N)sc2C(C(=O)O)C1. The predicted molar refractivity (Wildman–Crippen MR) is 59.0 cm³/mol. The van der Waals surface area contributed by atoms with E-state index in [9.17, 15) is 4.79 Å². The van der Waals surface area contributed by atoms with Crippen molar-refractivity contribution in [1.82, 2.24) is 4.98 Å². The first-order valence-electron chi connectivity index (χ1n) is 4.87. The molecule has 0 radical (unpaired) electrons. The van der Waals surface area contributed by atoms with Crippen molar-refractivity contribution in [3.63, 3.8) is 0 Å². The number of aromatic nitrogens is 1. The van der Waals surface area contributed by atoms with Gasteiger partial charge in [-0.3, -0.25) is 4.79 Å². The Kier molecular flexibility index (Phi) is 2.22. The Morgan fingerprint density at radius 2 is 2.33 bits per heavy atom. The zero-order valence-electron chi connectivity index (χ0n) is 8.78. The minimum Gasteiger partial charge on any atom is -0.481 e. The Morgan fingerprint density at radius 1 is 1.67 bits per heavy atom. The summed E-state index contributed by atoms with van der Waals surface area (Å²) < 4.78 is 0. The normalized spacial score (nSPS) is 23.5. The molecule has 2 rings (SSSR count). The largest absolute Gasteiger partial charge is 0.481 e. The second kappa shape index (κ2) is 3.20. The average Bonchev–Trinajstić information content (AvgIpc) is 2.41. The highest BCUT2D eigenvalue weighted by atomic mass is 32.1. The summed E-state index contributed by atoms with van der Waals surface area (Å²) >= 11 is 1.31. The number of thiazole rings is 1. The fourth-order valence-corrected chi connectivity index (χ4v) is 3.09. The molecule has 1 atom stereocenters. The predicted octanol–water partition coefficient (Wildman–Crippen LogP) is 1.87. The molecule has 0 saturated carbocycles. The molecular weight excluding hydrogens is 212 g/mol. The van der Waals surface area contributed by atoms with Crippen molar-refractivity contribution in [2.75, 3.05) is 5.73 Å². The molecule has 0 fully saturated rings. The molecule has 0 saturated heterocycles. The van der Waals surface area contributed by atoms with Crippen LogP contribution in [0.2, 0.25) is 0 Å². The molecule has 0 aliphatic heterocycles. The zero-order valence-corrected chi connectivity index (χ0v) is 9.60. The van der Waals surface area contributed by atoms with Gasteiger partial charge < -0.3 is 10.8 Å². The van der Waals surface area contributed by atoms with Crippen LogP contribution in [0.4, 0.5) is 5.13 Å². The van der Waals surface area contributed by atoms with Gasteiger partial charge in [0.2, 0.25) is 0 Å². The Hall–Kier alpha value is -1.10. The standard InChI is InChI=1S/C10H14N2O2S/c1-10(2)3-5(8(13)14)7-6(4-10)12-9(11)15-7/h5H,3-4H2,1-2H3,(H2,11,12)(H,13,14). The fraction of sp³-hybridized carbons (Fsp3) is 0.600. The molecular formula is C10H14N2O2S. The maximum Gasteiger partial charge on any atom is 0.311 e. The highest BCUT2D eigenvalue weighted by molar-refractivity contribution is 7.15. The van der Waals surface area contributed by atoms with Crippen LogP contribution < -0.4 is 5.73 Å². The number of nitrogen functional groups attached to an aromatic ring is 1. The van der Waals surface area contributed by atoms with Crippen molar-refractivity contribution in [2.24, 2.45) is 5.41 Å². The summed E-state index contributed by atoms with van der Waals surface area (Å²) in [4.78, 5) is 16.2. The summed E-state index contributed by atoms with van der Waals surface area (Å²) in [5.41, 5.74) is 6.50. The summed E-state index contributed by atoms with van der Waals surface area (Å²) in [7, 11) is 0. The Balaban J connectivity index is 2.47. The second-order valence-electron chi connectivity index (χ2n) is 4.80. The lowest BCUT2D eigenvalue weighted by molar-refractivity contribution is -0.139. The van der Waals surface area contributed by atoms with E-state index < -0.39 is 11.9 Å². The van der Waals surface area contributed by atoms with Gasteiger partial charge in [0.15, 0.2) is 5.13 Å². The van der Waals surface area contributed by atoms with E-state index >= 15 is 0 Å². The van der Waals surface area contributed by atoms with Crippen molar-refractivity contribution in [3.8, 4) is 0 Å². The summed E-state index contributed by atoms with van der Waals surface area (Å²) in [5.74, 6) is -1.20. The molecule has 1 aliphatic carbocycles. The lowest BCUT2D eigenvalue weighted by Crippen LogP contribution is -2.28. The molecule has 5 heteroatoms. The second-order valence-corrected chi connectivity index (χ2v) is 5.86. The number of aliphatic carboxylic acids is 1. The first-order valence-corrected chi connectivity index (χ1v) is 5.68. The summed E-state index contributed by atoms with van der Waals surface area (Å²) in [6, 6.07) is 0. The van der Waals surface area contributed by atoms with Crippen LogP contribution in [-0.4, -0.2) is 16.1 Å². The van der Waals surface area contributed by atoms with Crippen molar-refractivity contribution >= 4 is 22.4 Å². The molecule has 82 valence electrons. The molecule has 15 heavy (non-hydrogen) atoms. The topological polar surface area (TPSA) is 76.2 Å². The van der Waals surface area contributed by atoms with Gasteiger partial charge in [0.1, 0.15) is 0 Å². The van der Waals surface area contributed by atoms with Gasteiger partial charge in [-0.1, -0.05) is 13.8 Å². The number of hydrogen-bond donors (Lipinski definition) is 2. The highest BCUT2D eigenvalue weighted by Crippen LogP contribution is 2.44. The molecule has 0 amide bonds. The quantitative estimate of drug-likeness (QED) is 0.766. The Morgan fingerprint density at radius 3 is 2.93 bits per heavy atom. The van der Waals surface area contributed by atoms with E-state index in [1.807, 2.05) is 0 Å². The number of hydrogen-bond acceptors (Lipinski definition) is 4. The number of carbonyl (C=O) groups is 1. The molecule has 0 aromatic carbocycles. The smallest absolute Gasteiger partial charge is 0.311 e. The maximum absolute atomic E-state index is 11.2. The summed E-state index contributed by atoms with van der Waals surface area (Å²) in [5, 5.41) is 9.64. The third-order valence-corrected chi connectivity index (χ3v) is 3.80. The zero-order chi connectivity index (χ0) is 11.2. The van der Waals surface area contributed by atoms with Crippen LogP contribution in [0.25, 0.3) is 0 Å². The minimum absolute atomic E-state index is 0.00340. The third-order valence-electron chi connectivity index (χ3n) is 2.76. The first kappa shape index (κ1) is 10.4. The van der Waals surface area contributed by atoms with E-state index in [1.54, 1.807) is 0 Å². The molecule has 3 N–H and O–H groups in total. The number of nitrogens with two attached hydrogens (primary N) is 1. The van der Waals surface area contributed by atoms with Crippen molar-refractivity contribution in [2.45, 2.75) is 32.6 Å². The van der Waals surface area contributed by atoms with Crippen molar-refractivity contribution in [1.29, 1.82) is 0 Å². The number of fused-ring (bicyclic) bond motifs is 1. The number of nitrogens with zero attached hydrogens (tertiary/aromatic N) is 1. The van der Waals surface area contributed by atoms with Gasteiger partial charge in [0.05, 0.1) is 11.6 Å². The monoisotopic (exact) mass is 226 g/mol. The van der Waals surface area contributed by atoms with Gasteiger partial charge >= 0.3 is 5.97 Å². The summed E-state index contributed by atoms with van der Waals surface area (Å²) in [6.45, 7) is 4.14. The van der Waals surface area contributed by atoms with Crippen molar-refractivity contribution < 1.29 is 9.90 Å². The van der Waals surface area contributed by atoms with Gasteiger partial charge in [-0.05, 0) is 18.3 Å². The molecule has 0 bridgehead atoms. The van der Waals surface area contributed by atoms with Gasteiger partial charge in [-0.15, -0.1) is 11.3 Å². The van der Waals surface area contributed by atoms with Crippen LogP contribution in [-0.2, 0) is 11.2 Å². The fourth-order valence-electron chi connectivity index (χ4n) is 2.15. The van der Waals surface area contributed by atoms with Gasteiger partial charge in [-0.25, -0.2) is 4.98 Å². The maximum atomic E-state index is 11.2. The van der Waals surface area contributed by atoms with E-state index in [-0.39, 0.29) is 5.41 Å². The third kappa shape index (κ3) is 1.84. The van der Waals surface area contributed by atoms with Gasteiger partial charge in [0, 0.05) is 4.88 Å². The van der Waals surface area contributed by atoms with E-state index in [2.05, 4.69) is 18.8 Å². The molecule has 1 aliphatic rings. The molecule has 4 nitrogen and oxygen atoms in total. The van der Waals surface area contributed by atoms with Crippen molar-refractivity contribution in [3.05, 3.63) is 10.6 Å². The summed E-state index contributed by atoms with van der Waals surface area (Å²) in [6.07, 6.45) is 1.48. The number of carboxylic acid groups (broad SMARTS) is 1. The van der Waals surface area contributed by atoms with Crippen LogP contribution in [0.3, 0.4) is 0 Å². The lowest BCUT2D eigenvalue weighted by Gasteiger charge is -2.32. The van der Waals surface area contributed by atoms with Crippen LogP contribution in [0, 0.1) is 5.41 Å². The van der Waals surface area contributed by atoms with Gasteiger partial charge in [-0.2, -0.15) is 0 Å². The number of anilines is 1. The van der Waals surface area contributed by atoms with E-state index in [4.69, 9.17) is 10.8 Å². The van der Waals surface area contributed by atoms with Crippen LogP contribution in [0.5, 0.6) is 0 Å². The minimum atomic E-state index is -0.771. The molecule has 1 aromatic rings. The first-order chi connectivity index (χ1) is 6.89. The molecule has 0 spiro atoms. The van der Waals surface area contributed by atoms with Gasteiger partial charge in [0.25, 0.3) is 0 Å². The average molecular weight is 226 g/mol. The van der Waals surface area contributed by atoms with Crippen LogP contribution in [0.15, 0.2) is 0 Å². The van der Waals surface area contributed by atoms with Crippen LogP contribution >= 0.6 is 11.3 Å². The highest BCUT2D eigenvalue weighted by Gasteiger charge is 2.38. The Bertz CT molecular complexity index is 412. The van der Waals surface area contributed by atoms with E-state index in [1.165, 1.54) is 11.3 Å². The van der Waals surface area contributed by atoms with Crippen LogP contribution in [0.1, 0.15) is 36.8 Å². The number of rotatable bonds is 1. The molecule has 1 unspecified atom stereocenters. The van der Waals surface area contributed by atoms with E-state index in [0.29, 0.717) is 11.6 Å². The number of carboxylic acids is 1. The molecule has 1 aromatic heterocycles. The Labute approximate surface area is 92.1 Å².